The second kappa shape index (κ2) is 5.90. The Morgan fingerprint density at radius 2 is 2.32 bits per heavy atom. The number of hydrogen-bond donors (Lipinski definition) is 3. The van der Waals surface area contributed by atoms with E-state index in [2.05, 4.69) is 15.5 Å². The third-order valence-corrected chi connectivity index (χ3v) is 2.48. The van der Waals surface area contributed by atoms with Crippen LogP contribution in [0.25, 0.3) is 0 Å². The van der Waals surface area contributed by atoms with E-state index < -0.39 is 0 Å². The van der Waals surface area contributed by atoms with E-state index in [-0.39, 0.29) is 5.91 Å². The lowest BCUT2D eigenvalue weighted by molar-refractivity contribution is 0.102. The average Bonchev–Trinajstić information content (AvgIpc) is 2.90. The summed E-state index contributed by atoms with van der Waals surface area (Å²) in [6.45, 7) is 2.62. The van der Waals surface area contributed by atoms with Gasteiger partial charge in [-0.05, 0) is 24.6 Å². The van der Waals surface area contributed by atoms with Crippen molar-refractivity contribution in [2.24, 2.45) is 0 Å². The Morgan fingerprint density at radius 1 is 1.47 bits per heavy atom. The largest absolute Gasteiger partial charge is 0.491 e. The summed E-state index contributed by atoms with van der Waals surface area (Å²) < 4.78 is 5.45. The van der Waals surface area contributed by atoms with Crippen molar-refractivity contribution in [2.45, 2.75) is 13.3 Å². The summed E-state index contributed by atoms with van der Waals surface area (Å²) in [6, 6.07) is 6.64. The SMILES string of the molecule is CCCOc1ccc(C(=O)Nc2ccn[nH]2)cc1N. The molecule has 0 aliphatic carbocycles. The molecule has 0 bridgehead atoms. The predicted molar refractivity (Wildman–Crippen MR) is 73.2 cm³/mol. The smallest absolute Gasteiger partial charge is 0.256 e. The van der Waals surface area contributed by atoms with Gasteiger partial charge in [-0.1, -0.05) is 6.92 Å². The summed E-state index contributed by atoms with van der Waals surface area (Å²) in [4.78, 5) is 11.9. The van der Waals surface area contributed by atoms with E-state index in [1.54, 1.807) is 30.5 Å². The molecular formula is C13H16N4O2. The number of H-pyrrole nitrogens is 1. The number of nitrogens with two attached hydrogens (primary N) is 1. The molecule has 6 heteroatoms. The normalized spacial score (nSPS) is 10.2. The maximum absolute atomic E-state index is 11.9. The molecule has 6 nitrogen and oxygen atoms in total. The number of benzene rings is 1. The van der Waals surface area contributed by atoms with E-state index >= 15 is 0 Å². The van der Waals surface area contributed by atoms with Crippen LogP contribution < -0.4 is 15.8 Å². The van der Waals surface area contributed by atoms with Crippen molar-refractivity contribution < 1.29 is 9.53 Å². The van der Waals surface area contributed by atoms with Crippen LogP contribution in [-0.2, 0) is 0 Å². The van der Waals surface area contributed by atoms with Crippen LogP contribution in [0.15, 0.2) is 30.5 Å². The number of carbonyl (C=O) groups excluding carboxylic acids is 1. The fourth-order valence-corrected chi connectivity index (χ4v) is 1.55. The summed E-state index contributed by atoms with van der Waals surface area (Å²) in [6.07, 6.45) is 2.47. The molecule has 100 valence electrons. The van der Waals surface area contributed by atoms with Crippen LogP contribution in [0.1, 0.15) is 23.7 Å². The van der Waals surface area contributed by atoms with Gasteiger partial charge in [0.25, 0.3) is 5.91 Å². The number of nitrogens with one attached hydrogen (secondary N) is 2. The minimum atomic E-state index is -0.252. The van der Waals surface area contributed by atoms with Gasteiger partial charge in [0, 0.05) is 11.6 Å². The van der Waals surface area contributed by atoms with Crippen molar-refractivity contribution in [2.75, 3.05) is 17.7 Å². The number of hydrogen-bond acceptors (Lipinski definition) is 4. The maximum Gasteiger partial charge on any atom is 0.256 e. The minimum Gasteiger partial charge on any atom is -0.491 e. The van der Waals surface area contributed by atoms with Crippen molar-refractivity contribution in [1.82, 2.24) is 10.2 Å². The molecule has 1 aromatic heterocycles. The zero-order chi connectivity index (χ0) is 13.7. The van der Waals surface area contributed by atoms with Crippen molar-refractivity contribution >= 4 is 17.4 Å². The fourth-order valence-electron chi connectivity index (χ4n) is 1.55. The first-order valence-corrected chi connectivity index (χ1v) is 6.03. The van der Waals surface area contributed by atoms with Gasteiger partial charge < -0.3 is 15.8 Å². The summed E-state index contributed by atoms with van der Waals surface area (Å²) in [7, 11) is 0. The second-order valence-electron chi connectivity index (χ2n) is 4.03. The first-order chi connectivity index (χ1) is 9.20. The second-order valence-corrected chi connectivity index (χ2v) is 4.03. The fraction of sp³-hybridized carbons (Fsp3) is 0.231. The highest BCUT2D eigenvalue weighted by Gasteiger charge is 2.09. The Bertz CT molecular complexity index is 552. The molecule has 2 aromatic rings. The molecule has 2 rings (SSSR count). The first kappa shape index (κ1) is 12.9. The molecule has 0 saturated carbocycles. The summed E-state index contributed by atoms with van der Waals surface area (Å²) in [5, 5.41) is 9.08. The van der Waals surface area contributed by atoms with Crippen LogP contribution in [0, 0.1) is 0 Å². The molecule has 0 unspecified atom stereocenters. The Morgan fingerprint density at radius 3 is 2.95 bits per heavy atom. The van der Waals surface area contributed by atoms with Gasteiger partial charge in [0.1, 0.15) is 11.6 Å². The van der Waals surface area contributed by atoms with E-state index in [1.165, 1.54) is 0 Å². The molecule has 0 atom stereocenters. The van der Waals surface area contributed by atoms with Crippen LogP contribution in [0.2, 0.25) is 0 Å². The van der Waals surface area contributed by atoms with Crippen LogP contribution in [0.4, 0.5) is 11.5 Å². The number of ether oxygens (including phenoxy) is 1. The van der Waals surface area contributed by atoms with E-state index in [4.69, 9.17) is 10.5 Å². The number of aromatic amines is 1. The lowest BCUT2D eigenvalue weighted by atomic mass is 10.1. The van der Waals surface area contributed by atoms with Gasteiger partial charge >= 0.3 is 0 Å². The molecule has 4 N–H and O–H groups in total. The number of nitrogen functional groups attached to an aromatic ring is 1. The van der Waals surface area contributed by atoms with Gasteiger partial charge in [-0.15, -0.1) is 0 Å². The molecule has 0 radical (unpaired) electrons. The van der Waals surface area contributed by atoms with Gasteiger partial charge in [0.15, 0.2) is 0 Å². The van der Waals surface area contributed by atoms with E-state index in [9.17, 15) is 4.79 Å². The monoisotopic (exact) mass is 260 g/mol. The third kappa shape index (κ3) is 3.25. The molecule has 1 aromatic carbocycles. The van der Waals surface area contributed by atoms with Gasteiger partial charge in [0.2, 0.25) is 0 Å². The highest BCUT2D eigenvalue weighted by molar-refractivity contribution is 6.04. The van der Waals surface area contributed by atoms with Gasteiger partial charge in [0.05, 0.1) is 18.5 Å². The van der Waals surface area contributed by atoms with Crippen LogP contribution in [0.3, 0.4) is 0 Å². The van der Waals surface area contributed by atoms with Gasteiger partial charge in [-0.2, -0.15) is 5.10 Å². The molecule has 0 spiro atoms. The highest BCUT2D eigenvalue weighted by Crippen LogP contribution is 2.23. The van der Waals surface area contributed by atoms with Crippen molar-refractivity contribution in [3.8, 4) is 5.75 Å². The summed E-state index contributed by atoms with van der Waals surface area (Å²) in [5.41, 5.74) is 6.77. The third-order valence-electron chi connectivity index (χ3n) is 2.48. The number of carbonyl (C=O) groups is 1. The molecule has 1 amide bonds. The lowest BCUT2D eigenvalue weighted by Gasteiger charge is -2.09. The van der Waals surface area contributed by atoms with Crippen LogP contribution >= 0.6 is 0 Å². The highest BCUT2D eigenvalue weighted by atomic mass is 16.5. The topological polar surface area (TPSA) is 93.0 Å². The molecule has 19 heavy (non-hydrogen) atoms. The quantitative estimate of drug-likeness (QED) is 0.717. The average molecular weight is 260 g/mol. The molecule has 0 aliphatic rings. The van der Waals surface area contributed by atoms with E-state index in [0.29, 0.717) is 29.4 Å². The van der Waals surface area contributed by atoms with Crippen molar-refractivity contribution in [1.29, 1.82) is 0 Å². The number of rotatable bonds is 5. The first-order valence-electron chi connectivity index (χ1n) is 6.03. The Balaban J connectivity index is 2.08. The van der Waals surface area contributed by atoms with E-state index in [1.807, 2.05) is 6.92 Å². The Kier molecular flexibility index (Phi) is 4.02. The zero-order valence-electron chi connectivity index (χ0n) is 10.6. The van der Waals surface area contributed by atoms with Gasteiger partial charge in [-0.3, -0.25) is 9.89 Å². The van der Waals surface area contributed by atoms with Gasteiger partial charge in [-0.25, -0.2) is 0 Å². The summed E-state index contributed by atoms with van der Waals surface area (Å²) in [5.74, 6) is 0.882. The van der Waals surface area contributed by atoms with Crippen LogP contribution in [-0.4, -0.2) is 22.7 Å². The Labute approximate surface area is 111 Å². The molecule has 0 aliphatic heterocycles. The predicted octanol–water partition coefficient (Wildman–Crippen LogP) is 2.03. The standard InChI is InChI=1S/C13H16N4O2/c1-2-7-19-11-4-3-9(8-10(11)14)13(18)16-12-5-6-15-17-12/h3-6,8H,2,7,14H2,1H3,(H2,15,16,17,18). The number of anilines is 2. The molecule has 0 saturated heterocycles. The number of nitrogens with zero attached hydrogens (tertiary/aromatic N) is 1. The summed E-state index contributed by atoms with van der Waals surface area (Å²) >= 11 is 0. The number of amides is 1. The molecule has 0 fully saturated rings. The van der Waals surface area contributed by atoms with Crippen LogP contribution in [0.5, 0.6) is 5.75 Å². The maximum atomic E-state index is 11.9. The Hall–Kier alpha value is -2.50. The van der Waals surface area contributed by atoms with E-state index in [0.717, 1.165) is 6.42 Å². The molecular weight excluding hydrogens is 244 g/mol. The minimum absolute atomic E-state index is 0.252. The number of aromatic nitrogens is 2. The molecule has 1 heterocycles. The van der Waals surface area contributed by atoms with Crippen molar-refractivity contribution in [3.63, 3.8) is 0 Å². The van der Waals surface area contributed by atoms with Crippen molar-refractivity contribution in [3.05, 3.63) is 36.0 Å². The zero-order valence-corrected chi connectivity index (χ0v) is 10.6. The lowest BCUT2D eigenvalue weighted by Crippen LogP contribution is -2.12.